The minimum atomic E-state index is 0.770. The van der Waals surface area contributed by atoms with Gasteiger partial charge in [-0.05, 0) is 88.1 Å². The highest BCUT2D eigenvalue weighted by Crippen LogP contribution is 2.32. The van der Waals surface area contributed by atoms with Gasteiger partial charge in [-0.3, -0.25) is 0 Å². The lowest BCUT2D eigenvalue weighted by Crippen LogP contribution is -2.22. The summed E-state index contributed by atoms with van der Waals surface area (Å²) < 4.78 is 0. The molecule has 0 aromatic heterocycles. The fourth-order valence-electron chi connectivity index (χ4n) is 3.85. The number of nitrogen functional groups attached to an aromatic ring is 2. The third-order valence-corrected chi connectivity index (χ3v) is 5.60. The van der Waals surface area contributed by atoms with Crippen LogP contribution in [-0.4, -0.2) is 26.2 Å². The first-order chi connectivity index (χ1) is 12.9. The number of nitrogens with zero attached hydrogens (tertiary/aromatic N) is 2. The third kappa shape index (κ3) is 4.49. The van der Waals surface area contributed by atoms with Gasteiger partial charge in [0.15, 0.2) is 0 Å². The summed E-state index contributed by atoms with van der Waals surface area (Å²) in [7, 11) is 0. The van der Waals surface area contributed by atoms with Crippen LogP contribution in [0.4, 0.5) is 22.7 Å². The van der Waals surface area contributed by atoms with E-state index in [1.807, 2.05) is 0 Å². The maximum Gasteiger partial charge on any atom is 0.0389 e. The minimum absolute atomic E-state index is 0.770. The predicted octanol–water partition coefficient (Wildman–Crippen LogP) is 4.75. The van der Waals surface area contributed by atoms with Gasteiger partial charge < -0.3 is 21.3 Å². The molecule has 148 valence electrons. The smallest absolute Gasteiger partial charge is 0.0389 e. The van der Waals surface area contributed by atoms with E-state index in [9.17, 15) is 0 Å². The Labute approximate surface area is 165 Å². The monoisotopic (exact) mass is 368 g/mol. The van der Waals surface area contributed by atoms with Crippen LogP contribution < -0.4 is 21.3 Å². The van der Waals surface area contributed by atoms with Crippen molar-refractivity contribution >= 4 is 22.7 Å². The molecule has 2 rings (SSSR count). The molecule has 0 radical (unpaired) electrons. The van der Waals surface area contributed by atoms with Crippen LogP contribution in [0.25, 0.3) is 0 Å². The average molecular weight is 369 g/mol. The topological polar surface area (TPSA) is 58.5 Å². The van der Waals surface area contributed by atoms with Crippen LogP contribution in [0.3, 0.4) is 0 Å². The molecule has 0 fully saturated rings. The molecular weight excluding hydrogens is 332 g/mol. The Hall–Kier alpha value is -2.36. The SMILES string of the molecule is CCN(CC)c1cc(C)c(Cc2c(C)cc(N(CC)CC)cc2N)c(N)c1. The zero-order valence-electron chi connectivity index (χ0n) is 17.9. The molecule has 0 heterocycles. The first-order valence-corrected chi connectivity index (χ1v) is 10.1. The molecule has 0 amide bonds. The van der Waals surface area contributed by atoms with Gasteiger partial charge in [0, 0.05) is 55.3 Å². The van der Waals surface area contributed by atoms with Crippen LogP contribution in [0.15, 0.2) is 24.3 Å². The van der Waals surface area contributed by atoms with Gasteiger partial charge in [0.25, 0.3) is 0 Å². The van der Waals surface area contributed by atoms with Crippen molar-refractivity contribution in [2.24, 2.45) is 0 Å². The van der Waals surface area contributed by atoms with Crippen molar-refractivity contribution in [1.82, 2.24) is 0 Å². The third-order valence-electron chi connectivity index (χ3n) is 5.60. The van der Waals surface area contributed by atoms with Crippen LogP contribution in [-0.2, 0) is 6.42 Å². The van der Waals surface area contributed by atoms with Crippen molar-refractivity contribution in [3.63, 3.8) is 0 Å². The van der Waals surface area contributed by atoms with Crippen LogP contribution in [0.2, 0.25) is 0 Å². The molecule has 0 unspecified atom stereocenters. The average Bonchev–Trinajstić information content (AvgIpc) is 2.62. The molecular formula is C23H36N4. The molecule has 2 aromatic rings. The fourth-order valence-corrected chi connectivity index (χ4v) is 3.85. The maximum absolute atomic E-state index is 6.46. The Morgan fingerprint density at radius 2 is 0.963 bits per heavy atom. The van der Waals surface area contributed by atoms with Crippen LogP contribution in [0, 0.1) is 13.8 Å². The highest BCUT2D eigenvalue weighted by molar-refractivity contribution is 5.68. The van der Waals surface area contributed by atoms with Crippen molar-refractivity contribution in [2.75, 3.05) is 47.4 Å². The lowest BCUT2D eigenvalue weighted by atomic mass is 9.93. The van der Waals surface area contributed by atoms with Gasteiger partial charge in [0.2, 0.25) is 0 Å². The highest BCUT2D eigenvalue weighted by Gasteiger charge is 2.14. The number of hydrogen-bond donors (Lipinski definition) is 2. The van der Waals surface area contributed by atoms with Gasteiger partial charge in [-0.15, -0.1) is 0 Å². The largest absolute Gasteiger partial charge is 0.398 e. The fraction of sp³-hybridized carbons (Fsp3) is 0.478. The van der Waals surface area contributed by atoms with Crippen molar-refractivity contribution in [3.05, 3.63) is 46.5 Å². The van der Waals surface area contributed by atoms with Crippen molar-refractivity contribution in [2.45, 2.75) is 48.0 Å². The summed E-state index contributed by atoms with van der Waals surface area (Å²) in [4.78, 5) is 4.65. The molecule has 4 heteroatoms. The van der Waals surface area contributed by atoms with Gasteiger partial charge in [-0.1, -0.05) is 0 Å². The molecule has 0 saturated carbocycles. The van der Waals surface area contributed by atoms with E-state index in [1.165, 1.54) is 33.6 Å². The standard InChI is InChI=1S/C23H36N4/c1-7-26(8-2)18-11-16(5)20(22(24)13-18)15-21-17(6)12-19(14-23(21)25)27(9-3)10-4/h11-14H,7-10,15,24-25H2,1-6H3. The Balaban J connectivity index is 2.40. The molecule has 0 aliphatic rings. The Morgan fingerprint density at radius 1 is 0.630 bits per heavy atom. The molecule has 0 bridgehead atoms. The Kier molecular flexibility index (Phi) is 7.00. The second-order valence-corrected chi connectivity index (χ2v) is 7.18. The van der Waals surface area contributed by atoms with Crippen molar-refractivity contribution in [1.29, 1.82) is 0 Å². The first-order valence-electron chi connectivity index (χ1n) is 10.1. The highest BCUT2D eigenvalue weighted by atomic mass is 15.1. The Morgan fingerprint density at radius 3 is 1.22 bits per heavy atom. The van der Waals surface area contributed by atoms with Crippen LogP contribution >= 0.6 is 0 Å². The van der Waals surface area contributed by atoms with Crippen LogP contribution in [0.5, 0.6) is 0 Å². The van der Waals surface area contributed by atoms with Gasteiger partial charge >= 0.3 is 0 Å². The van der Waals surface area contributed by atoms with Crippen LogP contribution in [0.1, 0.15) is 49.9 Å². The number of benzene rings is 2. The second kappa shape index (κ2) is 9.03. The lowest BCUT2D eigenvalue weighted by Gasteiger charge is -2.25. The molecule has 27 heavy (non-hydrogen) atoms. The van der Waals surface area contributed by atoms with Crippen molar-refractivity contribution < 1.29 is 0 Å². The molecule has 4 nitrogen and oxygen atoms in total. The van der Waals surface area contributed by atoms with E-state index < -0.39 is 0 Å². The minimum Gasteiger partial charge on any atom is -0.398 e. The van der Waals surface area contributed by atoms with Gasteiger partial charge in [0.05, 0.1) is 0 Å². The van der Waals surface area contributed by atoms with E-state index >= 15 is 0 Å². The summed E-state index contributed by atoms with van der Waals surface area (Å²) in [5.41, 5.74) is 21.8. The quantitative estimate of drug-likeness (QED) is 0.660. The number of nitrogens with two attached hydrogens (primary N) is 2. The van der Waals surface area contributed by atoms with Crippen molar-refractivity contribution in [3.8, 4) is 0 Å². The number of rotatable bonds is 8. The number of anilines is 4. The zero-order valence-corrected chi connectivity index (χ0v) is 17.9. The summed E-state index contributed by atoms with van der Waals surface area (Å²) in [6.45, 7) is 16.9. The van der Waals surface area contributed by atoms with E-state index in [0.29, 0.717) is 0 Å². The molecule has 0 aliphatic carbocycles. The molecule has 0 atom stereocenters. The molecule has 0 aliphatic heterocycles. The lowest BCUT2D eigenvalue weighted by molar-refractivity contribution is 0.864. The van der Waals surface area contributed by atoms with E-state index in [1.54, 1.807) is 0 Å². The molecule has 2 aromatic carbocycles. The van der Waals surface area contributed by atoms with E-state index in [2.05, 4.69) is 75.6 Å². The van der Waals surface area contributed by atoms with E-state index in [-0.39, 0.29) is 0 Å². The summed E-state index contributed by atoms with van der Waals surface area (Å²) >= 11 is 0. The summed E-state index contributed by atoms with van der Waals surface area (Å²) in [5.74, 6) is 0. The second-order valence-electron chi connectivity index (χ2n) is 7.18. The molecule has 4 N–H and O–H groups in total. The molecule has 0 spiro atoms. The summed E-state index contributed by atoms with van der Waals surface area (Å²) in [5, 5.41) is 0. The Bertz CT molecular complexity index is 662. The normalized spacial score (nSPS) is 10.9. The number of hydrogen-bond acceptors (Lipinski definition) is 4. The zero-order chi connectivity index (χ0) is 20.1. The maximum atomic E-state index is 6.46. The number of aryl methyl sites for hydroxylation is 2. The summed E-state index contributed by atoms with van der Waals surface area (Å²) in [6.07, 6.45) is 0.770. The van der Waals surface area contributed by atoms with E-state index in [4.69, 9.17) is 11.5 Å². The summed E-state index contributed by atoms with van der Waals surface area (Å²) in [6, 6.07) is 8.69. The first kappa shape index (κ1) is 20.9. The van der Waals surface area contributed by atoms with Gasteiger partial charge in [-0.25, -0.2) is 0 Å². The van der Waals surface area contributed by atoms with Gasteiger partial charge in [-0.2, -0.15) is 0 Å². The molecule has 0 saturated heterocycles. The predicted molar refractivity (Wildman–Crippen MR) is 121 cm³/mol. The van der Waals surface area contributed by atoms with Gasteiger partial charge in [0.1, 0.15) is 0 Å². The van der Waals surface area contributed by atoms with E-state index in [0.717, 1.165) is 44.0 Å².